The van der Waals surface area contributed by atoms with E-state index in [1.54, 1.807) is 6.92 Å². The van der Waals surface area contributed by atoms with E-state index in [0.717, 1.165) is 12.1 Å². The Bertz CT molecular complexity index is 493. The fraction of sp³-hybridized carbons (Fsp3) is 0.400. The van der Waals surface area contributed by atoms with Gasteiger partial charge in [-0.1, -0.05) is 15.9 Å². The summed E-state index contributed by atoms with van der Waals surface area (Å²) in [6.45, 7) is 1.61. The van der Waals surface area contributed by atoms with E-state index < -0.39 is 29.8 Å². The van der Waals surface area contributed by atoms with Crippen LogP contribution in [0.1, 0.15) is 18.5 Å². The second kappa shape index (κ2) is 3.99. The summed E-state index contributed by atoms with van der Waals surface area (Å²) >= 11 is 3.09. The average Bonchev–Trinajstić information content (AvgIpc) is 2.18. The lowest BCUT2D eigenvalue weighted by molar-refractivity contribution is -0.391. The van der Waals surface area contributed by atoms with Crippen molar-refractivity contribution in [2.24, 2.45) is 5.73 Å². The van der Waals surface area contributed by atoms with Crippen molar-refractivity contribution >= 4 is 15.9 Å². The fourth-order valence-electron chi connectivity index (χ4n) is 1.45. The first kappa shape index (κ1) is 13.4. The van der Waals surface area contributed by atoms with E-state index in [2.05, 4.69) is 25.4 Å². The van der Waals surface area contributed by atoms with Gasteiger partial charge in [0.05, 0.1) is 0 Å². The third kappa shape index (κ3) is 2.03. The Morgan fingerprint density at radius 2 is 1.56 bits per heavy atom. The van der Waals surface area contributed by atoms with Crippen LogP contribution in [0.4, 0.5) is 17.6 Å². The summed E-state index contributed by atoms with van der Waals surface area (Å²) in [7, 11) is 0. The normalized spacial score (nSPS) is 21.5. The lowest BCUT2D eigenvalue weighted by Gasteiger charge is -2.32. The number of fused-ring (bicyclic) bond motifs is 1. The maximum atomic E-state index is 13.0. The number of ether oxygens (including phenoxy) is 2. The Morgan fingerprint density at radius 3 is 2.00 bits per heavy atom. The number of hydrogen-bond donors (Lipinski definition) is 1. The molecule has 0 aromatic heterocycles. The third-order valence-electron chi connectivity index (χ3n) is 2.37. The van der Waals surface area contributed by atoms with E-state index in [9.17, 15) is 17.6 Å². The monoisotopic (exact) mass is 329 g/mol. The van der Waals surface area contributed by atoms with Crippen molar-refractivity contribution in [3.05, 3.63) is 22.2 Å². The molecule has 0 fully saturated rings. The highest BCUT2D eigenvalue weighted by Gasteiger charge is 2.66. The molecule has 100 valence electrons. The lowest BCUT2D eigenvalue weighted by Crippen LogP contribution is -2.52. The maximum absolute atomic E-state index is 13.0. The molecule has 1 unspecified atom stereocenters. The van der Waals surface area contributed by atoms with Gasteiger partial charge in [0.25, 0.3) is 0 Å². The van der Waals surface area contributed by atoms with Crippen molar-refractivity contribution in [1.29, 1.82) is 0 Å². The molecule has 3 nitrogen and oxygen atoms in total. The van der Waals surface area contributed by atoms with E-state index in [-0.39, 0.29) is 0 Å². The molecule has 1 aromatic carbocycles. The minimum Gasteiger partial charge on any atom is -0.421 e. The zero-order valence-corrected chi connectivity index (χ0v) is 10.6. The molecular weight excluding hydrogens is 322 g/mol. The van der Waals surface area contributed by atoms with Crippen LogP contribution in [0.2, 0.25) is 0 Å². The van der Waals surface area contributed by atoms with Crippen molar-refractivity contribution in [2.45, 2.75) is 25.2 Å². The number of hydrogen-bond acceptors (Lipinski definition) is 3. The SMILES string of the molecule is CC(N)c1cc2c(cc1Br)OC(F)(F)C(F)(F)O2. The van der Waals surface area contributed by atoms with Gasteiger partial charge in [0.2, 0.25) is 0 Å². The summed E-state index contributed by atoms with van der Waals surface area (Å²) in [5.74, 6) is -0.941. The number of halogens is 5. The summed E-state index contributed by atoms with van der Waals surface area (Å²) in [6, 6.07) is 1.79. The molecule has 0 bridgehead atoms. The van der Waals surface area contributed by atoms with Crippen molar-refractivity contribution in [2.75, 3.05) is 0 Å². The van der Waals surface area contributed by atoms with Crippen molar-refractivity contribution in [1.82, 2.24) is 0 Å². The Hall–Kier alpha value is -1.02. The van der Waals surface area contributed by atoms with E-state index in [0.29, 0.717) is 10.0 Å². The number of rotatable bonds is 1. The van der Waals surface area contributed by atoms with Gasteiger partial charge in [-0.25, -0.2) is 0 Å². The van der Waals surface area contributed by atoms with Crippen molar-refractivity contribution in [3.8, 4) is 11.5 Å². The minimum atomic E-state index is -4.72. The standard InChI is InChI=1S/C10H8BrF4NO2/c1-4(16)5-2-7-8(3-6(5)11)18-10(14,15)9(12,13)17-7/h2-4H,16H2,1H3. The van der Waals surface area contributed by atoms with Gasteiger partial charge in [-0.3, -0.25) is 0 Å². The molecule has 1 aliphatic heterocycles. The summed E-state index contributed by atoms with van der Waals surface area (Å²) in [6.07, 6.45) is -9.43. The van der Waals surface area contributed by atoms with Gasteiger partial charge in [-0.2, -0.15) is 17.6 Å². The molecule has 2 N–H and O–H groups in total. The van der Waals surface area contributed by atoms with Crippen LogP contribution in [0.5, 0.6) is 11.5 Å². The summed E-state index contributed by atoms with van der Waals surface area (Å²) in [5, 5.41) is 0. The highest BCUT2D eigenvalue weighted by Crippen LogP contribution is 2.48. The summed E-state index contributed by atoms with van der Waals surface area (Å²) in [4.78, 5) is 0. The van der Waals surface area contributed by atoms with Crippen LogP contribution in [0, 0.1) is 0 Å². The number of nitrogens with two attached hydrogens (primary N) is 1. The third-order valence-corrected chi connectivity index (χ3v) is 3.06. The van der Waals surface area contributed by atoms with E-state index in [4.69, 9.17) is 5.73 Å². The van der Waals surface area contributed by atoms with Crippen LogP contribution in [-0.2, 0) is 0 Å². The van der Waals surface area contributed by atoms with E-state index in [1.165, 1.54) is 0 Å². The second-order valence-corrected chi connectivity index (χ2v) is 4.70. The van der Waals surface area contributed by atoms with Gasteiger partial charge in [0.15, 0.2) is 11.5 Å². The molecule has 1 aliphatic rings. The zero-order chi connectivity index (χ0) is 13.7. The lowest BCUT2D eigenvalue weighted by atomic mass is 10.1. The Labute approximate surface area is 108 Å². The molecular formula is C10H8BrF4NO2. The molecule has 18 heavy (non-hydrogen) atoms. The summed E-state index contributed by atoms with van der Waals surface area (Å²) in [5.41, 5.74) is 6.05. The first-order valence-corrected chi connectivity index (χ1v) is 5.66. The van der Waals surface area contributed by atoms with Crippen LogP contribution >= 0.6 is 15.9 Å². The fourth-order valence-corrected chi connectivity index (χ4v) is 2.14. The predicted octanol–water partition coefficient (Wildman–Crippen LogP) is 3.43. The molecule has 0 spiro atoms. The molecule has 0 radical (unpaired) electrons. The Kier molecular flexibility index (Phi) is 2.97. The zero-order valence-electron chi connectivity index (χ0n) is 9.02. The topological polar surface area (TPSA) is 44.5 Å². The molecule has 0 saturated carbocycles. The number of alkyl halides is 4. The molecule has 0 aliphatic carbocycles. The molecule has 0 amide bonds. The van der Waals surface area contributed by atoms with Crippen LogP contribution in [-0.4, -0.2) is 12.2 Å². The number of benzene rings is 1. The molecule has 1 heterocycles. The van der Waals surface area contributed by atoms with E-state index in [1.807, 2.05) is 0 Å². The highest BCUT2D eigenvalue weighted by molar-refractivity contribution is 9.10. The largest absolute Gasteiger partial charge is 0.507 e. The molecule has 1 aromatic rings. The van der Waals surface area contributed by atoms with Gasteiger partial charge >= 0.3 is 12.2 Å². The van der Waals surface area contributed by atoms with Gasteiger partial charge in [0, 0.05) is 10.5 Å². The molecule has 0 saturated heterocycles. The van der Waals surface area contributed by atoms with Gasteiger partial charge in [-0.15, -0.1) is 0 Å². The van der Waals surface area contributed by atoms with Crippen LogP contribution in [0.25, 0.3) is 0 Å². The maximum Gasteiger partial charge on any atom is 0.507 e. The van der Waals surface area contributed by atoms with Crippen LogP contribution in [0.15, 0.2) is 16.6 Å². The Morgan fingerprint density at radius 1 is 1.11 bits per heavy atom. The second-order valence-electron chi connectivity index (χ2n) is 3.85. The highest BCUT2D eigenvalue weighted by atomic mass is 79.9. The van der Waals surface area contributed by atoms with Crippen molar-refractivity contribution < 1.29 is 27.0 Å². The predicted molar refractivity (Wildman–Crippen MR) is 57.9 cm³/mol. The first-order chi connectivity index (χ1) is 8.14. The average molecular weight is 330 g/mol. The van der Waals surface area contributed by atoms with Crippen LogP contribution < -0.4 is 15.2 Å². The van der Waals surface area contributed by atoms with Gasteiger partial charge < -0.3 is 15.2 Å². The summed E-state index contributed by atoms with van der Waals surface area (Å²) < 4.78 is 60.1. The quantitative estimate of drug-likeness (QED) is 0.803. The first-order valence-electron chi connectivity index (χ1n) is 4.87. The molecule has 2 rings (SSSR count). The van der Waals surface area contributed by atoms with Gasteiger partial charge in [-0.05, 0) is 24.6 Å². The van der Waals surface area contributed by atoms with E-state index >= 15 is 0 Å². The van der Waals surface area contributed by atoms with Gasteiger partial charge in [0.1, 0.15) is 0 Å². The smallest absolute Gasteiger partial charge is 0.421 e. The molecule has 1 atom stereocenters. The minimum absolute atomic E-state index is 0.376. The van der Waals surface area contributed by atoms with Crippen molar-refractivity contribution in [3.63, 3.8) is 0 Å². The Balaban J connectivity index is 2.51. The molecule has 8 heteroatoms. The van der Waals surface area contributed by atoms with Crippen LogP contribution in [0.3, 0.4) is 0 Å².